The Bertz CT molecular complexity index is 1590. The van der Waals surface area contributed by atoms with E-state index in [1.165, 1.54) is 22.8 Å². The van der Waals surface area contributed by atoms with Crippen LogP contribution in [-0.4, -0.2) is 25.5 Å². The lowest BCUT2D eigenvalue weighted by atomic mass is 10.00. The second kappa shape index (κ2) is 10.9. The first-order valence-corrected chi connectivity index (χ1v) is 12.8. The number of aromatic carboxylic acids is 1. The summed E-state index contributed by atoms with van der Waals surface area (Å²) in [4.78, 5) is 29.3. The predicted octanol–water partition coefficient (Wildman–Crippen LogP) is 6.00. The lowest BCUT2D eigenvalue weighted by molar-refractivity contribution is 0.0695. The van der Waals surface area contributed by atoms with Crippen LogP contribution in [0.5, 0.6) is 0 Å². The van der Waals surface area contributed by atoms with E-state index in [0.717, 1.165) is 41.7 Å². The fraction of sp³-hybridized carbons (Fsp3) is 0.188. The van der Waals surface area contributed by atoms with Crippen molar-refractivity contribution in [2.75, 3.05) is 0 Å². The molecule has 0 atom stereocenters. The number of aryl methyl sites for hydroxylation is 2. The number of aromatic nitrogens is 2. The summed E-state index contributed by atoms with van der Waals surface area (Å²) in [5.41, 5.74) is 6.33. The van der Waals surface area contributed by atoms with Crippen LogP contribution in [-0.2, 0) is 33.1 Å². The highest BCUT2D eigenvalue weighted by Gasteiger charge is 2.17. The topological polar surface area (TPSA) is 78.3 Å². The molecule has 0 saturated heterocycles. The molecule has 38 heavy (non-hydrogen) atoms. The van der Waals surface area contributed by atoms with E-state index in [0.29, 0.717) is 12.1 Å². The molecule has 5 rings (SSSR count). The maximum Gasteiger partial charge on any atom is 0.341 e. The lowest BCUT2D eigenvalue weighted by Gasteiger charge is -2.22. The first-order valence-electron chi connectivity index (χ1n) is 12.8. The van der Waals surface area contributed by atoms with Gasteiger partial charge in [0, 0.05) is 43.8 Å². The number of benzene rings is 3. The third-order valence-electron chi connectivity index (χ3n) is 6.99. The number of pyridine rings is 1. The summed E-state index contributed by atoms with van der Waals surface area (Å²) in [6.07, 6.45) is 2.78. The molecular weight excluding hydrogens is 474 g/mol. The molecule has 2 heterocycles. The van der Waals surface area contributed by atoms with Gasteiger partial charge in [0.05, 0.1) is 5.69 Å². The number of H-pyrrole nitrogens is 1. The van der Waals surface area contributed by atoms with E-state index in [-0.39, 0.29) is 5.56 Å². The van der Waals surface area contributed by atoms with E-state index < -0.39 is 11.5 Å². The van der Waals surface area contributed by atoms with E-state index in [9.17, 15) is 14.7 Å². The van der Waals surface area contributed by atoms with Crippen molar-refractivity contribution in [3.8, 4) is 11.3 Å². The molecule has 0 aliphatic rings. The maximum absolute atomic E-state index is 12.5. The zero-order valence-corrected chi connectivity index (χ0v) is 21.6. The average Bonchev–Trinajstić information content (AvgIpc) is 3.23. The van der Waals surface area contributed by atoms with Crippen molar-refractivity contribution in [2.24, 2.45) is 7.05 Å². The van der Waals surface area contributed by atoms with Crippen LogP contribution in [0.3, 0.4) is 0 Å². The van der Waals surface area contributed by atoms with E-state index in [2.05, 4.69) is 81.3 Å². The van der Waals surface area contributed by atoms with E-state index in [1.807, 2.05) is 32.2 Å². The van der Waals surface area contributed by atoms with Gasteiger partial charge in [-0.1, -0.05) is 73.7 Å². The molecule has 3 aromatic carbocycles. The Morgan fingerprint density at radius 3 is 2.08 bits per heavy atom. The van der Waals surface area contributed by atoms with Crippen molar-refractivity contribution in [3.63, 3.8) is 0 Å². The van der Waals surface area contributed by atoms with Crippen molar-refractivity contribution < 1.29 is 9.90 Å². The molecule has 0 fully saturated rings. The largest absolute Gasteiger partial charge is 0.477 e. The van der Waals surface area contributed by atoms with Gasteiger partial charge in [0.15, 0.2) is 0 Å². The first kappa shape index (κ1) is 25.2. The maximum atomic E-state index is 12.5. The van der Waals surface area contributed by atoms with Crippen LogP contribution in [0.1, 0.15) is 39.5 Å². The minimum atomic E-state index is -1.22. The molecule has 0 spiro atoms. The molecule has 0 aliphatic carbocycles. The molecule has 0 amide bonds. The second-order valence-corrected chi connectivity index (χ2v) is 9.68. The Hall–Kier alpha value is -4.42. The molecule has 0 unspecified atom stereocenters. The highest BCUT2D eigenvalue weighted by molar-refractivity contribution is 5.90. The van der Waals surface area contributed by atoms with Crippen LogP contribution in [0.15, 0.2) is 95.9 Å². The Kier molecular flexibility index (Phi) is 7.24. The number of carboxylic acids is 1. The van der Waals surface area contributed by atoms with Gasteiger partial charge in [-0.3, -0.25) is 9.69 Å². The number of nitrogens with one attached hydrogen (secondary N) is 1. The summed E-state index contributed by atoms with van der Waals surface area (Å²) in [5.74, 6) is -1.22. The van der Waals surface area contributed by atoms with Crippen molar-refractivity contribution in [2.45, 2.75) is 33.0 Å². The van der Waals surface area contributed by atoms with Crippen molar-refractivity contribution in [1.29, 1.82) is 0 Å². The number of aromatic amines is 1. The van der Waals surface area contributed by atoms with Gasteiger partial charge in [0.1, 0.15) is 5.56 Å². The van der Waals surface area contributed by atoms with Gasteiger partial charge >= 0.3 is 5.97 Å². The highest BCUT2D eigenvalue weighted by atomic mass is 16.4. The molecule has 192 valence electrons. The van der Waals surface area contributed by atoms with Gasteiger partial charge < -0.3 is 14.7 Å². The van der Waals surface area contributed by atoms with Gasteiger partial charge in [0.25, 0.3) is 5.56 Å². The van der Waals surface area contributed by atoms with E-state index in [4.69, 9.17) is 0 Å². The zero-order valence-electron chi connectivity index (χ0n) is 21.6. The fourth-order valence-electron chi connectivity index (χ4n) is 5.12. The Labute approximate surface area is 221 Å². The van der Waals surface area contributed by atoms with Crippen LogP contribution >= 0.6 is 0 Å². The minimum absolute atomic E-state index is 0.232. The lowest BCUT2D eigenvalue weighted by Crippen LogP contribution is -2.22. The van der Waals surface area contributed by atoms with Gasteiger partial charge in [-0.25, -0.2) is 4.79 Å². The molecule has 2 aromatic heterocycles. The number of fused-ring (bicyclic) bond motifs is 1. The number of rotatable bonds is 9. The molecular formula is C32H31N3O3. The monoisotopic (exact) mass is 505 g/mol. The van der Waals surface area contributed by atoms with E-state index >= 15 is 0 Å². The molecule has 0 bridgehead atoms. The van der Waals surface area contributed by atoms with Crippen molar-refractivity contribution in [1.82, 2.24) is 14.5 Å². The standard InChI is InChI=1S/C32H31N3O3/c1-3-24-16-28(32(37)38)31(36)33-30(24)25-14-15-29-27(17-25)26(20-34(29)2)21-35(18-22-10-6-4-7-11-22)19-23-12-8-5-9-13-23/h4-17,20H,3,18-19,21H2,1-2H3,(H,33,36)(H,37,38). The fourth-order valence-corrected chi connectivity index (χ4v) is 5.12. The minimum Gasteiger partial charge on any atom is -0.477 e. The van der Waals surface area contributed by atoms with Crippen LogP contribution in [0, 0.1) is 0 Å². The summed E-state index contributed by atoms with van der Waals surface area (Å²) < 4.78 is 2.13. The molecule has 0 radical (unpaired) electrons. The zero-order chi connectivity index (χ0) is 26.6. The molecule has 5 aromatic rings. The van der Waals surface area contributed by atoms with Crippen molar-refractivity contribution in [3.05, 3.63) is 129 Å². The third kappa shape index (κ3) is 5.31. The number of hydrogen-bond acceptors (Lipinski definition) is 3. The van der Waals surface area contributed by atoms with E-state index in [1.54, 1.807) is 0 Å². The van der Waals surface area contributed by atoms with Gasteiger partial charge in [-0.05, 0) is 52.4 Å². The molecule has 2 N–H and O–H groups in total. The summed E-state index contributed by atoms with van der Waals surface area (Å²) >= 11 is 0. The SMILES string of the molecule is CCc1cc(C(=O)O)c(=O)[nH]c1-c1ccc2c(c1)c(CN(Cc1ccccc1)Cc1ccccc1)cn2C. The summed E-state index contributed by atoms with van der Waals surface area (Å²) in [5, 5.41) is 10.5. The Morgan fingerprint density at radius 2 is 1.50 bits per heavy atom. The third-order valence-corrected chi connectivity index (χ3v) is 6.99. The molecule has 6 heteroatoms. The number of nitrogens with zero attached hydrogens (tertiary/aromatic N) is 2. The predicted molar refractivity (Wildman–Crippen MR) is 151 cm³/mol. The van der Waals surface area contributed by atoms with Gasteiger partial charge in [-0.15, -0.1) is 0 Å². The number of hydrogen-bond donors (Lipinski definition) is 2. The average molecular weight is 506 g/mol. The molecule has 0 saturated carbocycles. The van der Waals surface area contributed by atoms with Crippen LogP contribution < -0.4 is 5.56 Å². The Morgan fingerprint density at radius 1 is 0.868 bits per heavy atom. The quantitative estimate of drug-likeness (QED) is 0.258. The number of carboxylic acid groups (broad SMARTS) is 1. The number of carbonyl (C=O) groups is 1. The summed E-state index contributed by atoms with van der Waals surface area (Å²) in [6, 6.07) is 28.6. The van der Waals surface area contributed by atoms with Gasteiger partial charge in [-0.2, -0.15) is 0 Å². The molecule has 6 nitrogen and oxygen atoms in total. The van der Waals surface area contributed by atoms with Gasteiger partial charge in [0.2, 0.25) is 0 Å². The van der Waals surface area contributed by atoms with Crippen LogP contribution in [0.4, 0.5) is 0 Å². The highest BCUT2D eigenvalue weighted by Crippen LogP contribution is 2.30. The van der Waals surface area contributed by atoms with Crippen LogP contribution in [0.25, 0.3) is 22.2 Å². The summed E-state index contributed by atoms with van der Waals surface area (Å²) in [6.45, 7) is 4.34. The second-order valence-electron chi connectivity index (χ2n) is 9.68. The summed E-state index contributed by atoms with van der Waals surface area (Å²) in [7, 11) is 2.05. The Balaban J connectivity index is 1.54. The van der Waals surface area contributed by atoms with Crippen LogP contribution in [0.2, 0.25) is 0 Å². The first-order chi connectivity index (χ1) is 18.4. The molecule has 0 aliphatic heterocycles. The van der Waals surface area contributed by atoms with Crippen molar-refractivity contribution >= 4 is 16.9 Å². The smallest absolute Gasteiger partial charge is 0.341 e. The normalized spacial score (nSPS) is 11.3.